The van der Waals surface area contributed by atoms with E-state index >= 15 is 0 Å². The Bertz CT molecular complexity index is 3010. The molecule has 0 atom stereocenters. The van der Waals surface area contributed by atoms with Crippen LogP contribution in [0.15, 0.2) is 173 Å². The van der Waals surface area contributed by atoms with Gasteiger partial charge >= 0.3 is 0 Å². The van der Waals surface area contributed by atoms with Crippen LogP contribution in [0.1, 0.15) is 0 Å². The molecule has 0 spiro atoms. The van der Waals surface area contributed by atoms with Crippen molar-refractivity contribution in [1.82, 2.24) is 0 Å². The van der Waals surface area contributed by atoms with Crippen LogP contribution in [-0.4, -0.2) is 0 Å². The van der Waals surface area contributed by atoms with Crippen molar-refractivity contribution in [2.24, 2.45) is 0 Å². The Morgan fingerprint density at radius 2 is 0.706 bits per heavy atom. The fraction of sp³-hybridized carbons (Fsp3) is 0. The van der Waals surface area contributed by atoms with Gasteiger partial charge < -0.3 is 4.42 Å². The van der Waals surface area contributed by atoms with Gasteiger partial charge in [0.2, 0.25) is 0 Å². The monoisotopic (exact) mass is 684 g/mol. The average molecular weight is 685 g/mol. The van der Waals surface area contributed by atoms with E-state index in [1.165, 1.54) is 80.7 Å². The second kappa shape index (κ2) is 11.3. The van der Waals surface area contributed by atoms with Gasteiger partial charge in [-0.3, -0.25) is 0 Å². The van der Waals surface area contributed by atoms with Crippen LogP contribution in [0.5, 0.6) is 0 Å². The highest BCUT2D eigenvalue weighted by molar-refractivity contribution is 7.14. The minimum absolute atomic E-state index is 0.900. The van der Waals surface area contributed by atoms with E-state index in [2.05, 4.69) is 168 Å². The summed E-state index contributed by atoms with van der Waals surface area (Å²) in [7, 11) is 0. The number of rotatable bonds is 4. The summed E-state index contributed by atoms with van der Waals surface area (Å²) in [5, 5.41) is 16.7. The zero-order valence-electron chi connectivity index (χ0n) is 27.4. The molecule has 1 nitrogen and oxygen atoms in total. The first-order chi connectivity index (χ1) is 25.3. The van der Waals surface area contributed by atoms with Gasteiger partial charge in [0.25, 0.3) is 0 Å². The molecule has 0 saturated carbocycles. The largest absolute Gasteiger partial charge is 0.456 e. The summed E-state index contributed by atoms with van der Waals surface area (Å²) in [6.45, 7) is 0. The highest BCUT2D eigenvalue weighted by Gasteiger charge is 2.20. The van der Waals surface area contributed by atoms with E-state index in [-0.39, 0.29) is 0 Å². The molecular formula is C48H28OS2. The van der Waals surface area contributed by atoms with Crippen LogP contribution in [0.4, 0.5) is 0 Å². The zero-order valence-corrected chi connectivity index (χ0v) is 29.0. The molecule has 0 saturated heterocycles. The third-order valence-electron chi connectivity index (χ3n) is 10.4. The van der Waals surface area contributed by atoms with Gasteiger partial charge in [-0.25, -0.2) is 0 Å². The minimum atomic E-state index is 0.900. The quantitative estimate of drug-likeness (QED) is 0.168. The van der Waals surface area contributed by atoms with Gasteiger partial charge in [0.05, 0.1) is 0 Å². The van der Waals surface area contributed by atoms with E-state index in [0.717, 1.165) is 27.5 Å². The predicted octanol–water partition coefficient (Wildman–Crippen LogP) is 15.0. The summed E-state index contributed by atoms with van der Waals surface area (Å²) in [5.41, 5.74) is 9.28. The molecule has 0 fully saturated rings. The maximum atomic E-state index is 6.66. The molecule has 3 heterocycles. The number of hydrogen-bond donors (Lipinski definition) is 0. The van der Waals surface area contributed by atoms with Crippen LogP contribution < -0.4 is 0 Å². The summed E-state index contributed by atoms with van der Waals surface area (Å²) < 4.78 is 6.66. The van der Waals surface area contributed by atoms with Crippen LogP contribution in [0.2, 0.25) is 0 Å². The van der Waals surface area contributed by atoms with Crippen molar-refractivity contribution in [1.29, 1.82) is 0 Å². The lowest BCUT2D eigenvalue weighted by molar-refractivity contribution is 0.669. The first-order valence-corrected chi connectivity index (χ1v) is 19.0. The fourth-order valence-electron chi connectivity index (χ4n) is 8.34. The topological polar surface area (TPSA) is 13.1 Å². The number of thiophene rings is 2. The van der Waals surface area contributed by atoms with Crippen molar-refractivity contribution in [3.63, 3.8) is 0 Å². The van der Waals surface area contributed by atoms with Crippen LogP contribution in [0, 0.1) is 0 Å². The maximum absolute atomic E-state index is 6.66. The Morgan fingerprint density at radius 3 is 1.14 bits per heavy atom. The van der Waals surface area contributed by atoms with Crippen LogP contribution in [0.3, 0.4) is 0 Å². The highest BCUT2D eigenvalue weighted by atomic mass is 32.1. The summed E-state index contributed by atoms with van der Waals surface area (Å²) in [6.07, 6.45) is 0. The summed E-state index contributed by atoms with van der Waals surface area (Å²) >= 11 is 3.60. The second-order valence-electron chi connectivity index (χ2n) is 13.2. The second-order valence-corrected chi connectivity index (χ2v) is 15.1. The fourth-order valence-corrected chi connectivity index (χ4v) is 9.94. The molecule has 0 N–H and O–H groups in total. The molecule has 0 bridgehead atoms. The lowest BCUT2D eigenvalue weighted by atomic mass is 9.87. The zero-order chi connectivity index (χ0) is 33.5. The normalized spacial score (nSPS) is 11.9. The van der Waals surface area contributed by atoms with Crippen LogP contribution >= 0.6 is 22.7 Å². The van der Waals surface area contributed by atoms with Crippen molar-refractivity contribution in [2.45, 2.75) is 0 Å². The average Bonchev–Trinajstić information content (AvgIpc) is 3.98. The van der Waals surface area contributed by atoms with Crippen molar-refractivity contribution < 1.29 is 4.42 Å². The molecule has 238 valence electrons. The number of benzene rings is 8. The van der Waals surface area contributed by atoms with Crippen molar-refractivity contribution in [3.05, 3.63) is 168 Å². The SMILES string of the molecule is c1csc(-c2c3ccccc3c(-c3ccc4c(c3)oc3ccc(-c5c6ccccc6c(-c6cccs6)c6ccccc56)cc34)c3ccccc23)c1. The smallest absolute Gasteiger partial charge is 0.136 e. The van der Waals surface area contributed by atoms with Gasteiger partial charge in [-0.2, -0.15) is 0 Å². The maximum Gasteiger partial charge on any atom is 0.136 e. The van der Waals surface area contributed by atoms with E-state index in [4.69, 9.17) is 4.42 Å². The first-order valence-electron chi connectivity index (χ1n) is 17.2. The lowest BCUT2D eigenvalue weighted by Crippen LogP contribution is -1.89. The molecule has 51 heavy (non-hydrogen) atoms. The Kier molecular flexibility index (Phi) is 6.36. The first kappa shape index (κ1) is 28.8. The van der Waals surface area contributed by atoms with E-state index < -0.39 is 0 Å². The van der Waals surface area contributed by atoms with Crippen LogP contribution in [0.25, 0.3) is 108 Å². The third-order valence-corrected chi connectivity index (χ3v) is 12.2. The predicted molar refractivity (Wildman–Crippen MR) is 221 cm³/mol. The summed E-state index contributed by atoms with van der Waals surface area (Å²) in [5.74, 6) is 0. The molecular weight excluding hydrogens is 657 g/mol. The van der Waals surface area contributed by atoms with Gasteiger partial charge in [-0.15, -0.1) is 22.7 Å². The van der Waals surface area contributed by atoms with Crippen molar-refractivity contribution in [2.75, 3.05) is 0 Å². The molecule has 0 aliphatic rings. The highest BCUT2D eigenvalue weighted by Crippen LogP contribution is 2.48. The minimum Gasteiger partial charge on any atom is -0.456 e. The summed E-state index contributed by atoms with van der Waals surface area (Å²) in [4.78, 5) is 2.59. The Morgan fingerprint density at radius 1 is 0.294 bits per heavy atom. The molecule has 0 unspecified atom stereocenters. The van der Waals surface area contributed by atoms with Gasteiger partial charge in [0.1, 0.15) is 11.2 Å². The molecule has 0 amide bonds. The van der Waals surface area contributed by atoms with E-state index in [1.54, 1.807) is 22.7 Å². The molecule has 11 aromatic rings. The Hall–Kier alpha value is -6.00. The Balaban J connectivity index is 1.13. The molecule has 3 heteroatoms. The number of furan rings is 1. The summed E-state index contributed by atoms with van der Waals surface area (Å²) in [6, 6.07) is 57.7. The molecule has 0 aliphatic heterocycles. The standard InChI is InChI=1S/C48H28OS2/c1-5-15-36-32(11-1)45(33-12-2-6-16-37(33)47(36)43-19-9-25-50-43)29-22-24-41-40(27-29)31-23-21-30(28-42(31)49-41)46-34-13-3-7-17-38(34)48(44-20-10-26-51-44)39-18-8-4-14-35(39)46/h1-28H. The number of hydrogen-bond acceptors (Lipinski definition) is 3. The molecule has 3 aromatic heterocycles. The van der Waals surface area contributed by atoms with Crippen LogP contribution in [-0.2, 0) is 0 Å². The van der Waals surface area contributed by atoms with Crippen molar-refractivity contribution in [3.8, 4) is 43.1 Å². The third kappa shape index (κ3) is 4.32. The lowest BCUT2D eigenvalue weighted by Gasteiger charge is -2.17. The molecule has 0 radical (unpaired) electrons. The Labute approximate surface area is 302 Å². The molecule has 0 aliphatic carbocycles. The number of fused-ring (bicyclic) bond motifs is 7. The van der Waals surface area contributed by atoms with Gasteiger partial charge in [-0.1, -0.05) is 121 Å². The van der Waals surface area contributed by atoms with Gasteiger partial charge in [0, 0.05) is 31.7 Å². The molecule has 8 aromatic carbocycles. The van der Waals surface area contributed by atoms with Gasteiger partial charge in [0.15, 0.2) is 0 Å². The van der Waals surface area contributed by atoms with Crippen molar-refractivity contribution >= 4 is 87.7 Å². The molecule has 11 rings (SSSR count). The van der Waals surface area contributed by atoms with E-state index in [9.17, 15) is 0 Å². The van der Waals surface area contributed by atoms with Gasteiger partial charge in [-0.05, 0) is 113 Å². The van der Waals surface area contributed by atoms with E-state index in [1.807, 2.05) is 0 Å². The van der Waals surface area contributed by atoms with E-state index in [0.29, 0.717) is 0 Å².